The summed E-state index contributed by atoms with van der Waals surface area (Å²) in [5.74, 6) is 1.28. The smallest absolute Gasteiger partial charge is 0.229 e. The van der Waals surface area contributed by atoms with Crippen molar-refractivity contribution in [2.75, 3.05) is 30.4 Å². The van der Waals surface area contributed by atoms with Gasteiger partial charge in [0.1, 0.15) is 11.6 Å². The molecule has 0 saturated heterocycles. The van der Waals surface area contributed by atoms with Crippen molar-refractivity contribution in [3.05, 3.63) is 48.2 Å². The van der Waals surface area contributed by atoms with E-state index >= 15 is 0 Å². The zero-order valence-corrected chi connectivity index (χ0v) is 15.3. The molecule has 1 heterocycles. The minimum atomic E-state index is -0.0793. The van der Waals surface area contributed by atoms with Crippen LogP contribution in [0.4, 0.5) is 11.5 Å². The van der Waals surface area contributed by atoms with Crippen LogP contribution in [0.25, 0.3) is 0 Å². The highest BCUT2D eigenvalue weighted by molar-refractivity contribution is 5.91. The second-order valence-electron chi connectivity index (χ2n) is 5.96. The summed E-state index contributed by atoms with van der Waals surface area (Å²) < 4.78 is 5.12. The summed E-state index contributed by atoms with van der Waals surface area (Å²) in [5.41, 5.74) is 2.03. The molecule has 1 aromatic heterocycles. The molecule has 2 aromatic rings. The van der Waals surface area contributed by atoms with Gasteiger partial charge in [0.15, 0.2) is 0 Å². The standard InChI is InChI=1S/C20H27N3O2/c1-4-12-23(13-5-2)17-8-11-19(21-15-17)22-20(24)14-16-6-9-18(25-3)10-7-16/h6-11,15H,4-5,12-14H2,1-3H3,(H,21,22,24). The molecule has 5 nitrogen and oxygen atoms in total. The van der Waals surface area contributed by atoms with Crippen molar-refractivity contribution in [1.82, 2.24) is 4.98 Å². The Morgan fingerprint density at radius 1 is 1.08 bits per heavy atom. The number of pyridine rings is 1. The number of hydrogen-bond donors (Lipinski definition) is 1. The van der Waals surface area contributed by atoms with Gasteiger partial charge in [-0.15, -0.1) is 0 Å². The Kier molecular flexibility index (Phi) is 7.26. The zero-order valence-electron chi connectivity index (χ0n) is 15.3. The quantitative estimate of drug-likeness (QED) is 0.751. The van der Waals surface area contributed by atoms with Crippen LogP contribution >= 0.6 is 0 Å². The molecule has 0 fully saturated rings. The van der Waals surface area contributed by atoms with Crippen LogP contribution in [0.1, 0.15) is 32.3 Å². The van der Waals surface area contributed by atoms with Gasteiger partial charge in [0.25, 0.3) is 0 Å². The molecule has 0 unspecified atom stereocenters. The Bertz CT molecular complexity index is 648. The van der Waals surface area contributed by atoms with Gasteiger partial charge in [-0.2, -0.15) is 0 Å². The van der Waals surface area contributed by atoms with Crippen molar-refractivity contribution in [1.29, 1.82) is 0 Å². The Balaban J connectivity index is 1.93. The van der Waals surface area contributed by atoms with Gasteiger partial charge in [-0.05, 0) is 42.7 Å². The second-order valence-corrected chi connectivity index (χ2v) is 5.96. The largest absolute Gasteiger partial charge is 0.497 e. The van der Waals surface area contributed by atoms with E-state index in [1.807, 2.05) is 42.6 Å². The molecule has 0 spiro atoms. The average Bonchev–Trinajstić information content (AvgIpc) is 2.63. The zero-order chi connectivity index (χ0) is 18.1. The maximum atomic E-state index is 12.2. The lowest BCUT2D eigenvalue weighted by Gasteiger charge is -2.23. The minimum absolute atomic E-state index is 0.0793. The van der Waals surface area contributed by atoms with Crippen molar-refractivity contribution in [2.24, 2.45) is 0 Å². The van der Waals surface area contributed by atoms with Crippen molar-refractivity contribution < 1.29 is 9.53 Å². The van der Waals surface area contributed by atoms with Crippen molar-refractivity contribution >= 4 is 17.4 Å². The number of rotatable bonds is 9. The Labute approximate surface area is 150 Å². The molecule has 0 radical (unpaired) electrons. The third kappa shape index (κ3) is 5.78. The van der Waals surface area contributed by atoms with E-state index < -0.39 is 0 Å². The fourth-order valence-corrected chi connectivity index (χ4v) is 2.67. The fourth-order valence-electron chi connectivity index (χ4n) is 2.67. The van der Waals surface area contributed by atoms with Gasteiger partial charge in [0, 0.05) is 13.1 Å². The van der Waals surface area contributed by atoms with Crippen LogP contribution in [-0.2, 0) is 11.2 Å². The average molecular weight is 341 g/mol. The number of carbonyl (C=O) groups excluding carboxylic acids is 1. The number of nitrogens with zero attached hydrogens (tertiary/aromatic N) is 2. The van der Waals surface area contributed by atoms with Crippen LogP contribution in [0.15, 0.2) is 42.6 Å². The van der Waals surface area contributed by atoms with Gasteiger partial charge in [0.2, 0.25) is 5.91 Å². The molecule has 5 heteroatoms. The predicted molar refractivity (Wildman–Crippen MR) is 102 cm³/mol. The summed E-state index contributed by atoms with van der Waals surface area (Å²) in [7, 11) is 1.62. The first-order chi connectivity index (χ1) is 12.2. The van der Waals surface area contributed by atoms with E-state index in [9.17, 15) is 4.79 Å². The van der Waals surface area contributed by atoms with Crippen LogP contribution < -0.4 is 15.0 Å². The van der Waals surface area contributed by atoms with E-state index in [1.165, 1.54) is 0 Å². The molecular weight excluding hydrogens is 314 g/mol. The first-order valence-corrected chi connectivity index (χ1v) is 8.80. The molecule has 2 rings (SSSR count). The number of anilines is 2. The SMILES string of the molecule is CCCN(CCC)c1ccc(NC(=O)Cc2ccc(OC)cc2)nc1. The van der Waals surface area contributed by atoms with Crippen LogP contribution in [0, 0.1) is 0 Å². The third-order valence-corrected chi connectivity index (χ3v) is 3.89. The van der Waals surface area contributed by atoms with E-state index in [1.54, 1.807) is 7.11 Å². The van der Waals surface area contributed by atoms with Gasteiger partial charge in [-0.25, -0.2) is 4.98 Å². The molecule has 0 atom stereocenters. The van der Waals surface area contributed by atoms with Crippen molar-refractivity contribution in [2.45, 2.75) is 33.1 Å². The molecule has 0 aliphatic carbocycles. The van der Waals surface area contributed by atoms with Crippen LogP contribution in [-0.4, -0.2) is 31.1 Å². The molecule has 1 aromatic carbocycles. The molecule has 1 amide bonds. The first-order valence-electron chi connectivity index (χ1n) is 8.80. The van der Waals surface area contributed by atoms with Crippen LogP contribution in [0.3, 0.4) is 0 Å². The highest BCUT2D eigenvalue weighted by Gasteiger charge is 2.08. The van der Waals surface area contributed by atoms with Crippen molar-refractivity contribution in [3.63, 3.8) is 0 Å². The number of hydrogen-bond acceptors (Lipinski definition) is 4. The number of methoxy groups -OCH3 is 1. The molecule has 134 valence electrons. The topological polar surface area (TPSA) is 54.5 Å². The molecule has 0 aliphatic heterocycles. The monoisotopic (exact) mass is 341 g/mol. The number of amides is 1. The summed E-state index contributed by atoms with van der Waals surface area (Å²) in [6, 6.07) is 11.4. The molecule has 0 aliphatic rings. The van der Waals surface area contributed by atoms with Crippen LogP contribution in [0.2, 0.25) is 0 Å². The van der Waals surface area contributed by atoms with E-state index in [0.29, 0.717) is 12.2 Å². The minimum Gasteiger partial charge on any atom is -0.497 e. The van der Waals surface area contributed by atoms with Gasteiger partial charge >= 0.3 is 0 Å². The lowest BCUT2D eigenvalue weighted by atomic mass is 10.1. The predicted octanol–water partition coefficient (Wildman–Crippen LogP) is 3.90. The summed E-state index contributed by atoms with van der Waals surface area (Å²) >= 11 is 0. The van der Waals surface area contributed by atoms with E-state index in [4.69, 9.17) is 4.74 Å². The number of carbonyl (C=O) groups is 1. The van der Waals surface area contributed by atoms with E-state index in [-0.39, 0.29) is 5.91 Å². The van der Waals surface area contributed by atoms with Gasteiger partial charge in [0.05, 0.1) is 25.4 Å². The van der Waals surface area contributed by atoms with Gasteiger partial charge < -0.3 is 15.0 Å². The van der Waals surface area contributed by atoms with Crippen LogP contribution in [0.5, 0.6) is 5.75 Å². The van der Waals surface area contributed by atoms with Gasteiger partial charge in [-0.3, -0.25) is 4.79 Å². The fraction of sp³-hybridized carbons (Fsp3) is 0.400. The molecule has 1 N–H and O–H groups in total. The Morgan fingerprint density at radius 3 is 2.28 bits per heavy atom. The second kappa shape index (κ2) is 9.67. The normalized spacial score (nSPS) is 10.4. The van der Waals surface area contributed by atoms with E-state index in [2.05, 4.69) is 29.0 Å². The summed E-state index contributed by atoms with van der Waals surface area (Å²) in [5, 5.41) is 2.85. The van der Waals surface area contributed by atoms with Gasteiger partial charge in [-0.1, -0.05) is 26.0 Å². The molecule has 25 heavy (non-hydrogen) atoms. The highest BCUT2D eigenvalue weighted by Crippen LogP contribution is 2.17. The molecule has 0 saturated carbocycles. The lowest BCUT2D eigenvalue weighted by molar-refractivity contribution is -0.115. The summed E-state index contributed by atoms with van der Waals surface area (Å²) in [6.07, 6.45) is 4.33. The third-order valence-electron chi connectivity index (χ3n) is 3.89. The first kappa shape index (κ1) is 18.8. The number of benzene rings is 1. The summed E-state index contributed by atoms with van der Waals surface area (Å²) in [6.45, 7) is 6.37. The number of nitrogens with one attached hydrogen (secondary N) is 1. The lowest BCUT2D eigenvalue weighted by Crippen LogP contribution is -2.25. The maximum absolute atomic E-state index is 12.2. The number of aromatic nitrogens is 1. The highest BCUT2D eigenvalue weighted by atomic mass is 16.5. The molecular formula is C20H27N3O2. The Morgan fingerprint density at radius 2 is 1.76 bits per heavy atom. The molecule has 0 bridgehead atoms. The summed E-state index contributed by atoms with van der Waals surface area (Å²) in [4.78, 5) is 18.9. The maximum Gasteiger partial charge on any atom is 0.229 e. The van der Waals surface area contributed by atoms with E-state index in [0.717, 1.165) is 42.9 Å². The Hall–Kier alpha value is -2.56. The number of ether oxygens (including phenoxy) is 1. The van der Waals surface area contributed by atoms with Crippen molar-refractivity contribution in [3.8, 4) is 5.75 Å².